The SMILES string of the molecule is C[C@](O)(CCCCCCCCCCS(=O)CCCC(F)(F)F)C(=O)Nc1ccc(C#N)c(C(F)(F)F)c1. The summed E-state index contributed by atoms with van der Waals surface area (Å²) in [5.74, 6) is -0.348. The highest BCUT2D eigenvalue weighted by Crippen LogP contribution is 2.34. The lowest BCUT2D eigenvalue weighted by Gasteiger charge is -2.22. The van der Waals surface area contributed by atoms with E-state index in [9.17, 15) is 40.5 Å². The fourth-order valence-electron chi connectivity index (χ4n) is 3.66. The summed E-state index contributed by atoms with van der Waals surface area (Å²) in [6, 6.07) is 4.26. The van der Waals surface area contributed by atoms with Gasteiger partial charge in [-0.2, -0.15) is 31.6 Å². The van der Waals surface area contributed by atoms with Crippen LogP contribution in [0, 0.1) is 11.3 Å². The molecule has 1 rings (SSSR count). The molecule has 0 spiro atoms. The molecule has 1 amide bonds. The summed E-state index contributed by atoms with van der Waals surface area (Å²) in [6.07, 6.45) is -3.34. The Kier molecular flexibility index (Phi) is 13.6. The highest BCUT2D eigenvalue weighted by Gasteiger charge is 2.35. The molecule has 0 fully saturated rings. The standard InChI is InChI=1S/C25H34F6N2O3S/c1-23(35,22(34)33-20-12-11-19(18-32)21(17-20)25(29,30)31)13-8-6-4-2-3-5-7-9-15-37(36)16-10-14-24(26,27)28/h11-12,17,35H,2-10,13-16H2,1H3,(H,33,34)/t23-,37?/m0/s1. The summed E-state index contributed by atoms with van der Waals surface area (Å²) in [5, 5.41) is 21.6. The fourth-order valence-corrected chi connectivity index (χ4v) is 4.86. The molecule has 2 N–H and O–H groups in total. The van der Waals surface area contributed by atoms with E-state index >= 15 is 0 Å². The Labute approximate surface area is 216 Å². The van der Waals surface area contributed by atoms with Crippen LogP contribution in [0.2, 0.25) is 0 Å². The van der Waals surface area contributed by atoms with Gasteiger partial charge in [0.05, 0.1) is 17.2 Å². The minimum atomic E-state index is -4.76. The first-order chi connectivity index (χ1) is 17.2. The molecular weight excluding hydrogens is 522 g/mol. The Morgan fingerprint density at radius 3 is 2.00 bits per heavy atom. The first-order valence-electron chi connectivity index (χ1n) is 12.2. The number of amides is 1. The molecular formula is C25H34F6N2O3S. The zero-order valence-corrected chi connectivity index (χ0v) is 21.6. The summed E-state index contributed by atoms with van der Waals surface area (Å²) < 4.78 is 87.2. The number of alkyl halides is 6. The van der Waals surface area contributed by atoms with Crippen LogP contribution in [0.25, 0.3) is 0 Å². The van der Waals surface area contributed by atoms with E-state index in [1.807, 2.05) is 0 Å². The van der Waals surface area contributed by atoms with E-state index in [1.165, 1.54) is 19.1 Å². The van der Waals surface area contributed by atoms with Gasteiger partial charge in [-0.25, -0.2) is 0 Å². The lowest BCUT2D eigenvalue weighted by atomic mass is 9.96. The summed E-state index contributed by atoms with van der Waals surface area (Å²) >= 11 is 0. The summed E-state index contributed by atoms with van der Waals surface area (Å²) in [7, 11) is -1.22. The number of nitriles is 1. The number of rotatable bonds is 16. The monoisotopic (exact) mass is 556 g/mol. The van der Waals surface area contributed by atoms with Crippen LogP contribution >= 0.6 is 0 Å². The molecule has 0 saturated carbocycles. The zero-order valence-electron chi connectivity index (χ0n) is 20.8. The van der Waals surface area contributed by atoms with Gasteiger partial charge in [-0.15, -0.1) is 0 Å². The van der Waals surface area contributed by atoms with E-state index in [0.29, 0.717) is 24.7 Å². The van der Waals surface area contributed by atoms with Crippen molar-refractivity contribution in [2.75, 3.05) is 16.8 Å². The molecule has 0 radical (unpaired) electrons. The van der Waals surface area contributed by atoms with Gasteiger partial charge in [0.1, 0.15) is 5.60 Å². The van der Waals surface area contributed by atoms with Gasteiger partial charge < -0.3 is 10.4 Å². The second-order valence-electron chi connectivity index (χ2n) is 9.24. The third kappa shape index (κ3) is 13.8. The Morgan fingerprint density at radius 2 is 1.46 bits per heavy atom. The number of unbranched alkanes of at least 4 members (excludes halogenated alkanes) is 7. The minimum Gasteiger partial charge on any atom is -0.380 e. The topological polar surface area (TPSA) is 90.2 Å². The molecule has 5 nitrogen and oxygen atoms in total. The molecule has 2 atom stereocenters. The van der Waals surface area contributed by atoms with E-state index in [2.05, 4.69) is 5.32 Å². The number of hydrogen-bond acceptors (Lipinski definition) is 4. The number of halogens is 6. The summed E-state index contributed by atoms with van der Waals surface area (Å²) in [6.45, 7) is 1.30. The van der Waals surface area contributed by atoms with Gasteiger partial charge in [-0.1, -0.05) is 44.9 Å². The Morgan fingerprint density at radius 1 is 0.919 bits per heavy atom. The molecule has 0 saturated heterocycles. The molecule has 1 aromatic carbocycles. The second kappa shape index (κ2) is 15.3. The van der Waals surface area contributed by atoms with Crippen molar-refractivity contribution in [2.24, 2.45) is 0 Å². The molecule has 1 unspecified atom stereocenters. The average Bonchev–Trinajstić information content (AvgIpc) is 2.78. The van der Waals surface area contributed by atoms with Gasteiger partial charge in [0.25, 0.3) is 5.91 Å². The third-order valence-corrected chi connectivity index (χ3v) is 7.30. The van der Waals surface area contributed by atoms with Crippen LogP contribution in [-0.4, -0.2) is 38.5 Å². The van der Waals surface area contributed by atoms with E-state index in [1.54, 1.807) is 0 Å². The molecule has 0 aliphatic rings. The second-order valence-corrected chi connectivity index (χ2v) is 10.9. The summed E-state index contributed by atoms with van der Waals surface area (Å²) in [4.78, 5) is 12.4. The van der Waals surface area contributed by atoms with Crippen molar-refractivity contribution in [3.63, 3.8) is 0 Å². The van der Waals surface area contributed by atoms with Crippen molar-refractivity contribution in [1.82, 2.24) is 0 Å². The smallest absolute Gasteiger partial charge is 0.380 e. The number of carbonyl (C=O) groups excluding carboxylic acids is 1. The minimum absolute atomic E-state index is 0.0728. The number of aliphatic hydroxyl groups is 1. The normalized spacial score (nSPS) is 14.6. The molecule has 0 aliphatic heterocycles. The number of hydrogen-bond donors (Lipinski definition) is 2. The highest BCUT2D eigenvalue weighted by atomic mass is 32.2. The van der Waals surface area contributed by atoms with Crippen molar-refractivity contribution < 1.29 is 40.5 Å². The van der Waals surface area contributed by atoms with E-state index in [4.69, 9.17) is 5.26 Å². The third-order valence-electron chi connectivity index (χ3n) is 5.81. The maximum Gasteiger partial charge on any atom is 0.417 e. The van der Waals surface area contributed by atoms with Gasteiger partial charge in [-0.3, -0.25) is 9.00 Å². The van der Waals surface area contributed by atoms with Crippen LogP contribution < -0.4 is 5.32 Å². The van der Waals surface area contributed by atoms with Crippen molar-refractivity contribution in [3.8, 4) is 6.07 Å². The summed E-state index contributed by atoms with van der Waals surface area (Å²) in [5.41, 5.74) is -3.67. The molecule has 0 aliphatic carbocycles. The lowest BCUT2D eigenvalue weighted by molar-refractivity contribution is -0.138. The fraction of sp³-hybridized carbons (Fsp3) is 0.680. The highest BCUT2D eigenvalue weighted by molar-refractivity contribution is 7.84. The molecule has 0 bridgehead atoms. The maximum atomic E-state index is 13.1. The van der Waals surface area contributed by atoms with Gasteiger partial charge in [0.15, 0.2) is 0 Å². The molecule has 1 aromatic rings. The van der Waals surface area contributed by atoms with Crippen LogP contribution in [0.1, 0.15) is 88.7 Å². The first-order valence-corrected chi connectivity index (χ1v) is 13.7. The Balaban J connectivity index is 2.22. The Hall–Kier alpha value is -2.13. The molecule has 37 heavy (non-hydrogen) atoms. The Bertz CT molecular complexity index is 926. The lowest BCUT2D eigenvalue weighted by Crippen LogP contribution is -2.40. The first kappa shape index (κ1) is 32.9. The largest absolute Gasteiger partial charge is 0.417 e. The molecule has 0 aromatic heterocycles. The van der Waals surface area contributed by atoms with Crippen LogP contribution in [-0.2, 0) is 21.8 Å². The predicted octanol–water partition coefficient (Wildman–Crippen LogP) is 6.87. The number of nitrogens with one attached hydrogen (secondary N) is 1. The van der Waals surface area contributed by atoms with Crippen molar-refractivity contribution in [1.29, 1.82) is 5.26 Å². The van der Waals surface area contributed by atoms with Crippen molar-refractivity contribution >= 4 is 22.4 Å². The van der Waals surface area contributed by atoms with Crippen LogP contribution in [0.4, 0.5) is 32.0 Å². The number of nitrogens with zero attached hydrogens (tertiary/aromatic N) is 1. The van der Waals surface area contributed by atoms with Gasteiger partial charge in [0.2, 0.25) is 0 Å². The van der Waals surface area contributed by atoms with Gasteiger partial charge in [0, 0.05) is 34.4 Å². The van der Waals surface area contributed by atoms with Crippen molar-refractivity contribution in [2.45, 2.75) is 95.5 Å². The zero-order chi connectivity index (χ0) is 28.1. The van der Waals surface area contributed by atoms with Crippen molar-refractivity contribution in [3.05, 3.63) is 29.3 Å². The predicted molar refractivity (Wildman–Crippen MR) is 130 cm³/mol. The molecule has 12 heteroatoms. The number of benzene rings is 1. The average molecular weight is 557 g/mol. The van der Waals surface area contributed by atoms with E-state index in [-0.39, 0.29) is 24.3 Å². The van der Waals surface area contributed by atoms with Crippen LogP contribution in [0.5, 0.6) is 0 Å². The number of carbonyl (C=O) groups is 1. The molecule has 210 valence electrons. The van der Waals surface area contributed by atoms with Crippen LogP contribution in [0.3, 0.4) is 0 Å². The van der Waals surface area contributed by atoms with E-state index < -0.39 is 52.2 Å². The van der Waals surface area contributed by atoms with Gasteiger partial charge >= 0.3 is 12.4 Å². The van der Waals surface area contributed by atoms with Crippen LogP contribution in [0.15, 0.2) is 18.2 Å². The molecule has 0 heterocycles. The van der Waals surface area contributed by atoms with E-state index in [0.717, 1.165) is 44.6 Å². The maximum absolute atomic E-state index is 13.1. The van der Waals surface area contributed by atoms with Gasteiger partial charge in [-0.05, 0) is 44.4 Å². The number of anilines is 1. The quantitative estimate of drug-likeness (QED) is 0.172.